The Morgan fingerprint density at radius 3 is 1.89 bits per heavy atom. The van der Waals surface area contributed by atoms with E-state index in [1.165, 1.54) is 0 Å². The van der Waals surface area contributed by atoms with E-state index in [9.17, 15) is 5.11 Å². The molecule has 0 aliphatic carbocycles. The summed E-state index contributed by atoms with van der Waals surface area (Å²) in [4.78, 5) is 0. The molecule has 0 aromatic rings. The molecule has 0 aromatic heterocycles. The molecule has 0 rings (SSSR count). The van der Waals surface area contributed by atoms with E-state index >= 15 is 0 Å². The van der Waals surface area contributed by atoms with Crippen molar-refractivity contribution in [3.8, 4) is 0 Å². The number of hydrogen-bond acceptors (Lipinski definition) is 0. The first kappa shape index (κ1) is 8.96. The largest absolute Gasteiger partial charge is 0.236 e. The highest BCUT2D eigenvalue weighted by Crippen LogP contribution is 2.23. The van der Waals surface area contributed by atoms with Gasteiger partial charge in [0.2, 0.25) is 0 Å². The maximum atomic E-state index is 10.5. The van der Waals surface area contributed by atoms with E-state index in [4.69, 9.17) is 0 Å². The van der Waals surface area contributed by atoms with E-state index in [1.807, 2.05) is 13.8 Å². The lowest BCUT2D eigenvalue weighted by Gasteiger charge is -2.22. The highest BCUT2D eigenvalue weighted by molar-refractivity contribution is 4.67. The molecule has 0 saturated carbocycles. The summed E-state index contributed by atoms with van der Waals surface area (Å²) in [5.74, 6) is 0.647. The molecule has 0 bridgehead atoms. The lowest BCUT2D eigenvalue weighted by atomic mass is 9.85. The maximum absolute atomic E-state index is 10.5. The Morgan fingerprint density at radius 2 is 1.78 bits per heavy atom. The third-order valence-corrected chi connectivity index (χ3v) is 1.35. The second-order valence-electron chi connectivity index (χ2n) is 3.91. The Bertz CT molecular complexity index is 74.6. The first-order valence-corrected chi connectivity index (χ1v) is 3.56. The van der Waals surface area contributed by atoms with Crippen molar-refractivity contribution in [2.24, 2.45) is 11.3 Å². The summed E-state index contributed by atoms with van der Waals surface area (Å²) >= 11 is 0. The van der Waals surface area contributed by atoms with Crippen LogP contribution in [0.1, 0.15) is 34.1 Å². The Balaban J connectivity index is 3.58. The van der Waals surface area contributed by atoms with Crippen molar-refractivity contribution in [1.82, 2.24) is 0 Å². The first-order chi connectivity index (χ1) is 3.98. The van der Waals surface area contributed by atoms with Crippen molar-refractivity contribution in [2.75, 3.05) is 6.61 Å². The van der Waals surface area contributed by atoms with Gasteiger partial charge >= 0.3 is 0 Å². The van der Waals surface area contributed by atoms with E-state index < -0.39 is 0 Å². The first-order valence-electron chi connectivity index (χ1n) is 3.56. The second-order valence-corrected chi connectivity index (χ2v) is 3.91. The number of rotatable bonds is 3. The molecule has 55 valence electrons. The second kappa shape index (κ2) is 3.21. The standard InChI is InChI=1S/C8H17O/c1-7(2)5-8(3,4)6-9/h7H,5-6H2,1-4H3. The predicted octanol–water partition coefficient (Wildman–Crippen LogP) is 2.49. The molecule has 0 unspecified atom stereocenters. The molecule has 0 aliphatic rings. The van der Waals surface area contributed by atoms with Gasteiger partial charge in [-0.1, -0.05) is 27.7 Å². The highest BCUT2D eigenvalue weighted by Gasteiger charge is 2.18. The van der Waals surface area contributed by atoms with Gasteiger partial charge in [0.15, 0.2) is 0 Å². The van der Waals surface area contributed by atoms with Crippen LogP contribution in [-0.2, 0) is 5.11 Å². The summed E-state index contributed by atoms with van der Waals surface area (Å²) in [6.45, 7) is 8.40. The number of hydrogen-bond donors (Lipinski definition) is 0. The minimum absolute atomic E-state index is 0.00810. The zero-order chi connectivity index (χ0) is 7.49. The molecule has 1 nitrogen and oxygen atoms in total. The summed E-state index contributed by atoms with van der Waals surface area (Å²) in [6.07, 6.45) is 1.04. The molecule has 0 spiro atoms. The van der Waals surface area contributed by atoms with Gasteiger partial charge in [0, 0.05) is 0 Å². The van der Waals surface area contributed by atoms with Crippen LogP contribution in [-0.4, -0.2) is 6.61 Å². The van der Waals surface area contributed by atoms with Crippen LogP contribution < -0.4 is 0 Å². The van der Waals surface area contributed by atoms with Crippen LogP contribution in [0.2, 0.25) is 0 Å². The molecule has 1 radical (unpaired) electrons. The van der Waals surface area contributed by atoms with Crippen molar-refractivity contribution < 1.29 is 5.11 Å². The third kappa shape index (κ3) is 4.46. The Hall–Kier alpha value is -0.0400. The van der Waals surface area contributed by atoms with Gasteiger partial charge in [0.05, 0.1) is 6.61 Å². The van der Waals surface area contributed by atoms with Gasteiger partial charge in [-0.25, -0.2) is 5.11 Å². The summed E-state index contributed by atoms with van der Waals surface area (Å²) in [7, 11) is 0. The van der Waals surface area contributed by atoms with Crippen molar-refractivity contribution in [3.63, 3.8) is 0 Å². The van der Waals surface area contributed by atoms with Gasteiger partial charge in [-0.2, -0.15) is 0 Å². The van der Waals surface area contributed by atoms with Crippen LogP contribution in [0.4, 0.5) is 0 Å². The molecule has 0 aromatic carbocycles. The van der Waals surface area contributed by atoms with Gasteiger partial charge in [-0.15, -0.1) is 0 Å². The summed E-state index contributed by atoms with van der Waals surface area (Å²) in [5.41, 5.74) is 0.00810. The van der Waals surface area contributed by atoms with Crippen LogP contribution in [0.3, 0.4) is 0 Å². The van der Waals surface area contributed by atoms with Crippen LogP contribution in [0.15, 0.2) is 0 Å². The van der Waals surface area contributed by atoms with Crippen LogP contribution in [0.5, 0.6) is 0 Å². The zero-order valence-corrected chi connectivity index (χ0v) is 6.90. The topological polar surface area (TPSA) is 19.9 Å². The molecule has 0 N–H and O–H groups in total. The van der Waals surface area contributed by atoms with Crippen molar-refractivity contribution in [3.05, 3.63) is 0 Å². The van der Waals surface area contributed by atoms with Gasteiger partial charge in [0.25, 0.3) is 0 Å². The summed E-state index contributed by atoms with van der Waals surface area (Å²) < 4.78 is 0. The SMILES string of the molecule is CC(C)CC(C)(C)C[O]. The summed E-state index contributed by atoms with van der Waals surface area (Å²) in [6, 6.07) is 0. The van der Waals surface area contributed by atoms with Gasteiger partial charge in [-0.05, 0) is 17.8 Å². The Labute approximate surface area is 58.1 Å². The lowest BCUT2D eigenvalue weighted by Crippen LogP contribution is -2.17. The molecule has 0 aliphatic heterocycles. The van der Waals surface area contributed by atoms with Crippen molar-refractivity contribution in [2.45, 2.75) is 34.1 Å². The summed E-state index contributed by atoms with van der Waals surface area (Å²) in [5, 5.41) is 10.5. The van der Waals surface area contributed by atoms with Crippen molar-refractivity contribution >= 4 is 0 Å². The van der Waals surface area contributed by atoms with E-state index in [2.05, 4.69) is 13.8 Å². The molecule has 9 heavy (non-hydrogen) atoms. The fraction of sp³-hybridized carbons (Fsp3) is 1.00. The molecular weight excluding hydrogens is 112 g/mol. The molecule has 0 saturated heterocycles. The van der Waals surface area contributed by atoms with Gasteiger partial charge in [-0.3, -0.25) is 0 Å². The Kier molecular flexibility index (Phi) is 3.20. The normalized spacial score (nSPS) is 12.7. The molecule has 0 heterocycles. The molecule has 0 amide bonds. The minimum atomic E-state index is 0.00810. The quantitative estimate of drug-likeness (QED) is 0.558. The van der Waals surface area contributed by atoms with E-state index in [1.54, 1.807) is 0 Å². The fourth-order valence-corrected chi connectivity index (χ4v) is 1.16. The molecular formula is C8H17O. The average molecular weight is 129 g/mol. The van der Waals surface area contributed by atoms with E-state index in [-0.39, 0.29) is 12.0 Å². The van der Waals surface area contributed by atoms with Crippen LogP contribution in [0, 0.1) is 11.3 Å². The third-order valence-electron chi connectivity index (χ3n) is 1.35. The maximum Gasteiger partial charge on any atom is 0.0873 e. The highest BCUT2D eigenvalue weighted by atomic mass is 16.3. The molecule has 0 atom stereocenters. The van der Waals surface area contributed by atoms with E-state index in [0.29, 0.717) is 5.92 Å². The smallest absolute Gasteiger partial charge is 0.0873 e. The minimum Gasteiger partial charge on any atom is -0.236 e. The zero-order valence-electron chi connectivity index (χ0n) is 6.90. The van der Waals surface area contributed by atoms with Crippen LogP contribution in [0.25, 0.3) is 0 Å². The van der Waals surface area contributed by atoms with Gasteiger partial charge < -0.3 is 0 Å². The predicted molar refractivity (Wildman–Crippen MR) is 38.8 cm³/mol. The molecule has 1 heteroatoms. The fourth-order valence-electron chi connectivity index (χ4n) is 1.16. The van der Waals surface area contributed by atoms with E-state index in [0.717, 1.165) is 6.42 Å². The monoisotopic (exact) mass is 129 g/mol. The lowest BCUT2D eigenvalue weighted by molar-refractivity contribution is 0.0779. The van der Waals surface area contributed by atoms with Crippen molar-refractivity contribution in [1.29, 1.82) is 0 Å². The van der Waals surface area contributed by atoms with Crippen LogP contribution >= 0.6 is 0 Å². The molecule has 0 fully saturated rings. The van der Waals surface area contributed by atoms with Gasteiger partial charge in [0.1, 0.15) is 0 Å². The Morgan fingerprint density at radius 1 is 1.33 bits per heavy atom. The average Bonchev–Trinajstić information content (AvgIpc) is 1.63.